The Hall–Kier alpha value is -1.61. The van der Waals surface area contributed by atoms with Gasteiger partial charge >= 0.3 is 0 Å². The van der Waals surface area contributed by atoms with Crippen molar-refractivity contribution in [2.24, 2.45) is 18.4 Å². The van der Waals surface area contributed by atoms with Gasteiger partial charge in [-0.1, -0.05) is 38.5 Å². The lowest BCUT2D eigenvalue weighted by atomic mass is 9.70. The Morgan fingerprint density at radius 2 is 1.96 bits per heavy atom. The van der Waals surface area contributed by atoms with Gasteiger partial charge in [-0.15, -0.1) is 0 Å². The summed E-state index contributed by atoms with van der Waals surface area (Å²) in [4.78, 5) is 13.5. The molecule has 0 unspecified atom stereocenters. The fourth-order valence-corrected chi connectivity index (χ4v) is 3.84. The molecule has 1 aromatic carbocycles. The maximum absolute atomic E-state index is 13.5. The minimum Gasteiger partial charge on any atom is -0.341 e. The number of benzene rings is 1. The van der Waals surface area contributed by atoms with Crippen LogP contribution in [0.25, 0.3) is 10.9 Å². The second-order valence-corrected chi connectivity index (χ2v) is 7.44. The third kappa shape index (κ3) is 3.07. The third-order valence-corrected chi connectivity index (χ3v) is 5.43. The number of aromatic nitrogens is 1. The summed E-state index contributed by atoms with van der Waals surface area (Å²) in [6.07, 6.45) is 4.04. The highest BCUT2D eigenvalue weighted by atomic mass is 16.1. The minimum absolute atomic E-state index is 0.183. The van der Waals surface area contributed by atoms with Gasteiger partial charge in [0.15, 0.2) is 5.78 Å². The normalized spacial score (nSPS) is 17.7. The van der Waals surface area contributed by atoms with Crippen LogP contribution in [0.3, 0.4) is 0 Å². The molecule has 0 spiro atoms. The molecule has 0 atom stereocenters. The SMILES string of the molecule is CC(C)CCC1(C(=O)c2cc3ccccc3n2C)CCNCC1. The first-order chi connectivity index (χ1) is 11.0. The summed E-state index contributed by atoms with van der Waals surface area (Å²) < 4.78 is 2.08. The van der Waals surface area contributed by atoms with Crippen molar-refractivity contribution in [3.63, 3.8) is 0 Å². The Labute approximate surface area is 139 Å². The fraction of sp³-hybridized carbons (Fsp3) is 0.550. The van der Waals surface area contributed by atoms with Crippen LogP contribution in [0.1, 0.15) is 50.0 Å². The summed E-state index contributed by atoms with van der Waals surface area (Å²) >= 11 is 0. The molecule has 1 aliphatic heterocycles. The molecule has 0 bridgehead atoms. The van der Waals surface area contributed by atoms with Crippen LogP contribution < -0.4 is 5.32 Å². The maximum Gasteiger partial charge on any atom is 0.185 e. The lowest BCUT2D eigenvalue weighted by Crippen LogP contribution is -2.43. The first kappa shape index (κ1) is 16.3. The van der Waals surface area contributed by atoms with E-state index in [-0.39, 0.29) is 5.41 Å². The molecule has 1 fully saturated rings. The van der Waals surface area contributed by atoms with Crippen molar-refractivity contribution in [3.8, 4) is 0 Å². The molecule has 23 heavy (non-hydrogen) atoms. The van der Waals surface area contributed by atoms with Gasteiger partial charge in [-0.25, -0.2) is 0 Å². The van der Waals surface area contributed by atoms with E-state index in [0.29, 0.717) is 11.7 Å². The molecule has 0 radical (unpaired) electrons. The monoisotopic (exact) mass is 312 g/mol. The maximum atomic E-state index is 13.5. The van der Waals surface area contributed by atoms with Gasteiger partial charge in [0.2, 0.25) is 0 Å². The van der Waals surface area contributed by atoms with Gasteiger partial charge in [0.25, 0.3) is 0 Å². The molecular formula is C20H28N2O. The number of hydrogen-bond donors (Lipinski definition) is 1. The summed E-state index contributed by atoms with van der Waals surface area (Å²) in [6, 6.07) is 10.3. The molecule has 3 rings (SSSR count). The quantitative estimate of drug-likeness (QED) is 0.841. The zero-order chi connectivity index (χ0) is 16.4. The standard InChI is InChI=1S/C20H28N2O/c1-15(2)8-9-20(10-12-21-13-11-20)19(23)18-14-16-6-4-5-7-17(16)22(18)3/h4-7,14-15,21H,8-13H2,1-3H3. The lowest BCUT2D eigenvalue weighted by Gasteiger charge is -2.37. The zero-order valence-corrected chi connectivity index (χ0v) is 14.6. The Morgan fingerprint density at radius 3 is 2.61 bits per heavy atom. The number of para-hydroxylation sites is 1. The molecule has 1 N–H and O–H groups in total. The van der Waals surface area contributed by atoms with Gasteiger partial charge in [-0.2, -0.15) is 0 Å². The van der Waals surface area contributed by atoms with Crippen molar-refractivity contribution in [2.45, 2.75) is 39.5 Å². The number of aryl methyl sites for hydroxylation is 1. The predicted octanol–water partition coefficient (Wildman–Crippen LogP) is 4.17. The van der Waals surface area contributed by atoms with E-state index >= 15 is 0 Å². The predicted molar refractivity (Wildman–Crippen MR) is 95.9 cm³/mol. The topological polar surface area (TPSA) is 34.0 Å². The number of carbonyl (C=O) groups excluding carboxylic acids is 1. The number of rotatable bonds is 5. The summed E-state index contributed by atoms with van der Waals surface area (Å²) in [5.41, 5.74) is 1.83. The fourth-order valence-electron chi connectivity index (χ4n) is 3.84. The smallest absolute Gasteiger partial charge is 0.185 e. The van der Waals surface area contributed by atoms with E-state index in [9.17, 15) is 4.79 Å². The molecule has 0 aliphatic carbocycles. The number of hydrogen-bond acceptors (Lipinski definition) is 2. The number of ketones is 1. The van der Waals surface area contributed by atoms with Crippen LogP contribution >= 0.6 is 0 Å². The van der Waals surface area contributed by atoms with Crippen LogP contribution in [0, 0.1) is 11.3 Å². The van der Waals surface area contributed by atoms with Gasteiger partial charge in [0.05, 0.1) is 5.69 Å². The van der Waals surface area contributed by atoms with Crippen molar-refractivity contribution in [3.05, 3.63) is 36.0 Å². The molecule has 124 valence electrons. The van der Waals surface area contributed by atoms with Gasteiger partial charge in [0.1, 0.15) is 0 Å². The largest absolute Gasteiger partial charge is 0.341 e. The van der Waals surface area contributed by atoms with Crippen LogP contribution in [0.4, 0.5) is 0 Å². The van der Waals surface area contributed by atoms with Crippen molar-refractivity contribution < 1.29 is 4.79 Å². The van der Waals surface area contributed by atoms with Crippen LogP contribution in [-0.4, -0.2) is 23.4 Å². The summed E-state index contributed by atoms with van der Waals surface area (Å²) in [6.45, 7) is 6.40. The summed E-state index contributed by atoms with van der Waals surface area (Å²) in [5, 5.41) is 4.57. The van der Waals surface area contributed by atoms with E-state index in [4.69, 9.17) is 0 Å². The van der Waals surface area contributed by atoms with Crippen LogP contribution in [-0.2, 0) is 7.05 Å². The number of nitrogens with one attached hydrogen (secondary N) is 1. The van der Waals surface area contributed by atoms with Crippen molar-refractivity contribution in [2.75, 3.05) is 13.1 Å². The average molecular weight is 312 g/mol. The number of nitrogens with zero attached hydrogens (tertiary/aromatic N) is 1. The summed E-state index contributed by atoms with van der Waals surface area (Å²) in [5.74, 6) is 0.986. The molecule has 1 saturated heterocycles. The summed E-state index contributed by atoms with van der Waals surface area (Å²) in [7, 11) is 2.02. The number of Topliss-reactive ketones (excluding diaryl/α,β-unsaturated/α-hetero) is 1. The van der Waals surface area contributed by atoms with Crippen molar-refractivity contribution >= 4 is 16.7 Å². The Morgan fingerprint density at radius 1 is 1.26 bits per heavy atom. The van der Waals surface area contributed by atoms with E-state index in [1.807, 2.05) is 19.2 Å². The van der Waals surface area contributed by atoms with Gasteiger partial charge in [-0.05, 0) is 50.4 Å². The molecule has 1 aromatic heterocycles. The van der Waals surface area contributed by atoms with Crippen LogP contribution in [0.5, 0.6) is 0 Å². The van der Waals surface area contributed by atoms with Crippen LogP contribution in [0.15, 0.2) is 30.3 Å². The third-order valence-electron chi connectivity index (χ3n) is 5.43. The molecule has 2 heterocycles. The molecule has 0 amide bonds. The Bertz CT molecular complexity index is 693. The molecule has 3 heteroatoms. The first-order valence-electron chi connectivity index (χ1n) is 8.83. The molecule has 1 aliphatic rings. The second-order valence-electron chi connectivity index (χ2n) is 7.44. The van der Waals surface area contributed by atoms with E-state index in [1.54, 1.807) is 0 Å². The van der Waals surface area contributed by atoms with E-state index in [1.165, 1.54) is 0 Å². The molecule has 0 saturated carbocycles. The number of carbonyl (C=O) groups is 1. The van der Waals surface area contributed by atoms with E-state index in [2.05, 4.69) is 41.9 Å². The van der Waals surface area contributed by atoms with Crippen LogP contribution in [0.2, 0.25) is 0 Å². The van der Waals surface area contributed by atoms with Crippen molar-refractivity contribution in [1.29, 1.82) is 0 Å². The number of piperidine rings is 1. The lowest BCUT2D eigenvalue weighted by molar-refractivity contribution is 0.0684. The molecule has 3 nitrogen and oxygen atoms in total. The van der Waals surface area contributed by atoms with Gasteiger partial charge in [-0.3, -0.25) is 4.79 Å². The van der Waals surface area contributed by atoms with Crippen molar-refractivity contribution in [1.82, 2.24) is 9.88 Å². The minimum atomic E-state index is -0.183. The van der Waals surface area contributed by atoms with Gasteiger partial charge < -0.3 is 9.88 Å². The Balaban J connectivity index is 1.97. The highest BCUT2D eigenvalue weighted by Crippen LogP contribution is 2.39. The van der Waals surface area contributed by atoms with E-state index < -0.39 is 0 Å². The highest BCUT2D eigenvalue weighted by Gasteiger charge is 2.40. The molecular weight excluding hydrogens is 284 g/mol. The highest BCUT2D eigenvalue weighted by molar-refractivity contribution is 6.03. The molecule has 2 aromatic rings. The van der Waals surface area contributed by atoms with E-state index in [0.717, 1.165) is 55.4 Å². The van der Waals surface area contributed by atoms with Gasteiger partial charge in [0, 0.05) is 23.4 Å². The average Bonchev–Trinajstić information content (AvgIpc) is 2.90. The zero-order valence-electron chi connectivity index (χ0n) is 14.6. The second kappa shape index (κ2) is 6.48. The Kier molecular flexibility index (Phi) is 4.58. The number of fused-ring (bicyclic) bond motifs is 1. The first-order valence-corrected chi connectivity index (χ1v) is 8.83.